The van der Waals surface area contributed by atoms with Gasteiger partial charge in [0.25, 0.3) is 0 Å². The van der Waals surface area contributed by atoms with Gasteiger partial charge in [-0.3, -0.25) is 0 Å². The lowest BCUT2D eigenvalue weighted by Gasteiger charge is -2.47. The van der Waals surface area contributed by atoms with E-state index in [9.17, 15) is 0 Å². The Hall–Kier alpha value is -3.24. The average Bonchev–Trinajstić information content (AvgIpc) is 2.80. The highest BCUT2D eigenvalue weighted by atomic mass is 15.2. The Bertz CT molecular complexity index is 1030. The summed E-state index contributed by atoms with van der Waals surface area (Å²) in [5.41, 5.74) is 5.31. The molecule has 1 heteroatoms. The van der Waals surface area contributed by atoms with Crippen LogP contribution in [0.25, 0.3) is 11.8 Å². The second kappa shape index (κ2) is 8.41. The number of unbranched alkanes of at least 4 members (excludes halogenated alkanes) is 2. The van der Waals surface area contributed by atoms with Crippen molar-refractivity contribution in [3.05, 3.63) is 107 Å². The normalized spacial score (nSPS) is 17.9. The van der Waals surface area contributed by atoms with Crippen molar-refractivity contribution in [2.45, 2.75) is 31.7 Å². The summed E-state index contributed by atoms with van der Waals surface area (Å²) < 4.78 is 0. The van der Waals surface area contributed by atoms with Gasteiger partial charge in [-0.25, -0.2) is 0 Å². The molecule has 0 amide bonds. The standard InChI is InChI=1S/C28H27N/c1-3-5-14-21-29-27(23-15-8-6-9-16-23)22-24-17-12-13-20-26(24)28(29,4-2)25-18-10-7-11-19-25/h2,6-13,15-20,22H,3,5,14,21H2,1H3. The Morgan fingerprint density at radius 1 is 0.828 bits per heavy atom. The zero-order valence-corrected chi connectivity index (χ0v) is 17.0. The highest BCUT2D eigenvalue weighted by Gasteiger charge is 2.43. The first-order chi connectivity index (χ1) is 14.3. The molecular formula is C28H27N. The predicted molar refractivity (Wildman–Crippen MR) is 123 cm³/mol. The molecule has 0 radical (unpaired) electrons. The average molecular weight is 378 g/mol. The van der Waals surface area contributed by atoms with Crippen molar-refractivity contribution in [2.24, 2.45) is 0 Å². The van der Waals surface area contributed by atoms with Crippen LogP contribution in [-0.4, -0.2) is 11.4 Å². The molecule has 0 bridgehead atoms. The quantitative estimate of drug-likeness (QED) is 0.347. The molecule has 1 aliphatic rings. The Morgan fingerprint density at radius 2 is 1.48 bits per heavy atom. The Kier molecular flexibility index (Phi) is 5.54. The van der Waals surface area contributed by atoms with Crippen molar-refractivity contribution in [1.82, 2.24) is 4.90 Å². The number of rotatable bonds is 6. The molecule has 144 valence electrons. The Balaban J connectivity index is 1.98. The van der Waals surface area contributed by atoms with E-state index in [2.05, 4.69) is 109 Å². The van der Waals surface area contributed by atoms with E-state index in [1.807, 2.05) is 0 Å². The van der Waals surface area contributed by atoms with Crippen LogP contribution in [0.1, 0.15) is 48.4 Å². The molecule has 1 atom stereocenters. The van der Waals surface area contributed by atoms with E-state index < -0.39 is 5.54 Å². The van der Waals surface area contributed by atoms with Crippen LogP contribution in [0.3, 0.4) is 0 Å². The first kappa shape index (κ1) is 19.1. The number of benzene rings is 3. The van der Waals surface area contributed by atoms with Gasteiger partial charge in [-0.2, -0.15) is 0 Å². The van der Waals surface area contributed by atoms with Crippen molar-refractivity contribution in [3.8, 4) is 12.3 Å². The SMILES string of the molecule is C#CC1(c2ccccc2)c2ccccc2C=C(c2ccccc2)N1CCCCC. The summed E-state index contributed by atoms with van der Waals surface area (Å²) in [7, 11) is 0. The van der Waals surface area contributed by atoms with Crippen LogP contribution < -0.4 is 0 Å². The molecule has 3 aromatic carbocycles. The third-order valence-corrected chi connectivity index (χ3v) is 5.79. The Labute approximate surface area is 174 Å². The van der Waals surface area contributed by atoms with Gasteiger partial charge in [-0.1, -0.05) is 111 Å². The van der Waals surface area contributed by atoms with Crippen molar-refractivity contribution in [2.75, 3.05) is 6.54 Å². The van der Waals surface area contributed by atoms with Crippen LogP contribution in [0.2, 0.25) is 0 Å². The van der Waals surface area contributed by atoms with Crippen LogP contribution >= 0.6 is 0 Å². The van der Waals surface area contributed by atoms with E-state index in [1.165, 1.54) is 35.2 Å². The van der Waals surface area contributed by atoms with Gasteiger partial charge in [0.15, 0.2) is 5.54 Å². The maximum atomic E-state index is 6.40. The molecule has 0 aliphatic carbocycles. The molecule has 0 N–H and O–H groups in total. The van der Waals surface area contributed by atoms with Gasteiger partial charge in [0.1, 0.15) is 0 Å². The third kappa shape index (κ3) is 3.36. The third-order valence-electron chi connectivity index (χ3n) is 5.79. The number of terminal acetylenes is 1. The molecule has 1 heterocycles. The molecule has 0 aromatic heterocycles. The van der Waals surface area contributed by atoms with Crippen molar-refractivity contribution < 1.29 is 0 Å². The van der Waals surface area contributed by atoms with E-state index >= 15 is 0 Å². The summed E-state index contributed by atoms with van der Waals surface area (Å²) in [5.74, 6) is 3.25. The lowest BCUT2D eigenvalue weighted by Crippen LogP contribution is -2.47. The topological polar surface area (TPSA) is 3.24 Å². The monoisotopic (exact) mass is 377 g/mol. The van der Waals surface area contributed by atoms with Crippen LogP contribution in [0, 0.1) is 12.3 Å². The van der Waals surface area contributed by atoms with E-state index in [0.29, 0.717) is 0 Å². The molecule has 0 saturated heterocycles. The summed E-state index contributed by atoms with van der Waals surface area (Å²) >= 11 is 0. The minimum Gasteiger partial charge on any atom is -0.347 e. The van der Waals surface area contributed by atoms with Crippen LogP contribution in [0.5, 0.6) is 0 Å². The van der Waals surface area contributed by atoms with E-state index in [0.717, 1.165) is 18.5 Å². The van der Waals surface area contributed by atoms with Gasteiger partial charge >= 0.3 is 0 Å². The minimum absolute atomic E-state index is 0.620. The summed E-state index contributed by atoms with van der Waals surface area (Å²) in [4.78, 5) is 2.45. The van der Waals surface area contributed by atoms with E-state index in [-0.39, 0.29) is 0 Å². The van der Waals surface area contributed by atoms with E-state index in [4.69, 9.17) is 6.42 Å². The second-order valence-corrected chi connectivity index (χ2v) is 7.56. The maximum Gasteiger partial charge on any atom is 0.153 e. The van der Waals surface area contributed by atoms with E-state index in [1.54, 1.807) is 0 Å². The zero-order chi connectivity index (χ0) is 20.1. The molecule has 3 aromatic rings. The molecule has 0 spiro atoms. The summed E-state index contributed by atoms with van der Waals surface area (Å²) in [5, 5.41) is 0. The molecule has 1 unspecified atom stereocenters. The van der Waals surface area contributed by atoms with Gasteiger partial charge in [-0.05, 0) is 29.2 Å². The number of hydrogen-bond acceptors (Lipinski definition) is 1. The first-order valence-corrected chi connectivity index (χ1v) is 10.5. The number of hydrogen-bond donors (Lipinski definition) is 0. The predicted octanol–water partition coefficient (Wildman–Crippen LogP) is 6.57. The van der Waals surface area contributed by atoms with Gasteiger partial charge < -0.3 is 4.90 Å². The molecule has 1 nitrogen and oxygen atoms in total. The maximum absolute atomic E-state index is 6.40. The fraction of sp³-hybridized carbons (Fsp3) is 0.214. The molecule has 29 heavy (non-hydrogen) atoms. The largest absolute Gasteiger partial charge is 0.347 e. The fourth-order valence-electron chi connectivity index (χ4n) is 4.39. The van der Waals surface area contributed by atoms with Crippen LogP contribution in [0.15, 0.2) is 84.9 Å². The van der Waals surface area contributed by atoms with Gasteiger partial charge in [0.05, 0.1) is 0 Å². The summed E-state index contributed by atoms with van der Waals surface area (Å²) in [6, 6.07) is 29.7. The van der Waals surface area contributed by atoms with Crippen LogP contribution in [-0.2, 0) is 5.54 Å². The first-order valence-electron chi connectivity index (χ1n) is 10.5. The van der Waals surface area contributed by atoms with Crippen molar-refractivity contribution >= 4 is 11.8 Å². The lowest BCUT2D eigenvalue weighted by molar-refractivity contribution is 0.260. The molecule has 1 aliphatic heterocycles. The number of nitrogens with zero attached hydrogens (tertiary/aromatic N) is 1. The van der Waals surface area contributed by atoms with Crippen molar-refractivity contribution in [1.29, 1.82) is 0 Å². The fourth-order valence-corrected chi connectivity index (χ4v) is 4.39. The number of fused-ring (bicyclic) bond motifs is 1. The van der Waals surface area contributed by atoms with Gasteiger partial charge in [0.2, 0.25) is 0 Å². The molecule has 0 fully saturated rings. The summed E-state index contributed by atoms with van der Waals surface area (Å²) in [6.07, 6.45) is 12.2. The Morgan fingerprint density at radius 3 is 2.17 bits per heavy atom. The lowest BCUT2D eigenvalue weighted by atomic mass is 9.76. The van der Waals surface area contributed by atoms with Gasteiger partial charge in [-0.15, -0.1) is 6.42 Å². The van der Waals surface area contributed by atoms with Gasteiger partial charge in [0, 0.05) is 17.8 Å². The molecular weight excluding hydrogens is 350 g/mol. The molecule has 4 rings (SSSR count). The zero-order valence-electron chi connectivity index (χ0n) is 17.0. The second-order valence-electron chi connectivity index (χ2n) is 7.56. The summed E-state index contributed by atoms with van der Waals surface area (Å²) in [6.45, 7) is 3.16. The highest BCUT2D eigenvalue weighted by molar-refractivity contribution is 5.86. The van der Waals surface area contributed by atoms with Crippen molar-refractivity contribution in [3.63, 3.8) is 0 Å². The minimum atomic E-state index is -0.620. The smallest absolute Gasteiger partial charge is 0.153 e. The highest BCUT2D eigenvalue weighted by Crippen LogP contribution is 2.46. The molecule has 0 saturated carbocycles. The van der Waals surface area contributed by atoms with Crippen LogP contribution in [0.4, 0.5) is 0 Å².